The molecule has 0 fully saturated rings. The van der Waals surface area contributed by atoms with E-state index in [1.165, 1.54) is 0 Å². The second-order valence-electron chi connectivity index (χ2n) is 3.08. The molecular formula is C7H12N2O2. The van der Waals surface area contributed by atoms with Gasteiger partial charge in [-0.15, -0.1) is 0 Å². The first-order valence-electron chi connectivity index (χ1n) is 3.60. The van der Waals surface area contributed by atoms with Crippen LogP contribution in [0.2, 0.25) is 0 Å². The highest BCUT2D eigenvalue weighted by Crippen LogP contribution is 2.10. The summed E-state index contributed by atoms with van der Waals surface area (Å²) >= 11 is 0. The maximum atomic E-state index is 10.3. The van der Waals surface area contributed by atoms with Crippen molar-refractivity contribution in [2.75, 3.05) is 26.7 Å². The third-order valence-electron chi connectivity index (χ3n) is 2.19. The number of hydrogen-bond donors (Lipinski definition) is 0. The van der Waals surface area contributed by atoms with Gasteiger partial charge >= 0.3 is 0 Å². The van der Waals surface area contributed by atoms with Crippen LogP contribution in [-0.2, 0) is 4.79 Å². The Morgan fingerprint density at radius 2 is 2.45 bits per heavy atom. The minimum atomic E-state index is -1.01. The van der Waals surface area contributed by atoms with Crippen molar-refractivity contribution in [2.45, 2.75) is 6.92 Å². The van der Waals surface area contributed by atoms with Gasteiger partial charge < -0.3 is 9.90 Å². The highest BCUT2D eigenvalue weighted by molar-refractivity contribution is 5.77. The van der Waals surface area contributed by atoms with Crippen LogP contribution in [0.4, 0.5) is 0 Å². The third kappa shape index (κ3) is 1.57. The van der Waals surface area contributed by atoms with Crippen LogP contribution in [-0.4, -0.2) is 43.0 Å². The van der Waals surface area contributed by atoms with E-state index in [2.05, 4.69) is 4.99 Å². The minimum Gasteiger partial charge on any atom is -0.544 e. The number of aliphatic imine (C=N–C) groups is 1. The summed E-state index contributed by atoms with van der Waals surface area (Å²) in [5, 5.41) is 10.3. The van der Waals surface area contributed by atoms with Crippen molar-refractivity contribution in [3.05, 3.63) is 0 Å². The number of hydrogen-bond acceptors (Lipinski definition) is 3. The van der Waals surface area contributed by atoms with E-state index in [0.29, 0.717) is 4.48 Å². The molecule has 0 aliphatic carbocycles. The summed E-state index contributed by atoms with van der Waals surface area (Å²) in [6.07, 6.45) is 0. The van der Waals surface area contributed by atoms with E-state index in [4.69, 9.17) is 0 Å². The molecule has 0 aromatic rings. The van der Waals surface area contributed by atoms with Crippen molar-refractivity contribution in [3.63, 3.8) is 0 Å². The Bertz CT molecular complexity index is 212. The van der Waals surface area contributed by atoms with Crippen LogP contribution in [0.25, 0.3) is 0 Å². The van der Waals surface area contributed by atoms with Gasteiger partial charge in [-0.05, 0) is 0 Å². The SMILES string of the molecule is CC1=NCC[N+]1(C)CC(=O)[O-]. The topological polar surface area (TPSA) is 52.5 Å². The molecule has 0 radical (unpaired) electrons. The van der Waals surface area contributed by atoms with E-state index < -0.39 is 5.97 Å². The summed E-state index contributed by atoms with van der Waals surface area (Å²) < 4.78 is 0.405. The molecule has 1 unspecified atom stereocenters. The molecule has 0 bridgehead atoms. The summed E-state index contributed by atoms with van der Waals surface area (Å²) in [6.45, 7) is 3.40. The number of rotatable bonds is 2. The highest BCUT2D eigenvalue weighted by Gasteiger charge is 2.29. The van der Waals surface area contributed by atoms with Crippen LogP contribution in [0.1, 0.15) is 6.92 Å². The zero-order chi connectivity index (χ0) is 8.48. The van der Waals surface area contributed by atoms with Crippen LogP contribution in [0.3, 0.4) is 0 Å². The number of carbonyl (C=O) groups is 1. The molecule has 0 aromatic carbocycles. The Balaban J connectivity index is 2.67. The Hall–Kier alpha value is -0.900. The Morgan fingerprint density at radius 1 is 1.82 bits per heavy atom. The molecule has 1 rings (SSSR count). The van der Waals surface area contributed by atoms with E-state index in [9.17, 15) is 9.90 Å². The average Bonchev–Trinajstić information content (AvgIpc) is 2.11. The zero-order valence-corrected chi connectivity index (χ0v) is 6.83. The Kier molecular flexibility index (Phi) is 1.95. The van der Waals surface area contributed by atoms with Gasteiger partial charge in [0.2, 0.25) is 0 Å². The van der Waals surface area contributed by atoms with E-state index >= 15 is 0 Å². The van der Waals surface area contributed by atoms with Crippen LogP contribution in [0.5, 0.6) is 0 Å². The van der Waals surface area contributed by atoms with Gasteiger partial charge in [0.15, 0.2) is 5.84 Å². The molecule has 1 aliphatic heterocycles. The first kappa shape index (κ1) is 8.20. The molecule has 4 nitrogen and oxygen atoms in total. The molecule has 0 saturated carbocycles. The zero-order valence-electron chi connectivity index (χ0n) is 6.83. The van der Waals surface area contributed by atoms with Gasteiger partial charge in [0.05, 0.1) is 19.6 Å². The fourth-order valence-electron chi connectivity index (χ4n) is 1.24. The predicted octanol–water partition coefficient (Wildman–Crippen LogP) is -1.39. The molecule has 1 atom stereocenters. The van der Waals surface area contributed by atoms with Gasteiger partial charge in [-0.1, -0.05) is 0 Å². The van der Waals surface area contributed by atoms with E-state index in [1.54, 1.807) is 0 Å². The van der Waals surface area contributed by atoms with Gasteiger partial charge in [0.25, 0.3) is 0 Å². The molecule has 0 spiro atoms. The number of carboxylic acid groups (broad SMARTS) is 1. The standard InChI is InChI=1S/C7H12N2O2/c1-6-8-3-4-9(6,2)5-7(10)11/h3-5H2,1-2H3. The first-order chi connectivity index (χ1) is 5.04. The average molecular weight is 156 g/mol. The van der Waals surface area contributed by atoms with Crippen molar-refractivity contribution in [1.29, 1.82) is 0 Å². The van der Waals surface area contributed by atoms with Crippen molar-refractivity contribution in [1.82, 2.24) is 0 Å². The second kappa shape index (κ2) is 2.62. The highest BCUT2D eigenvalue weighted by atomic mass is 16.4. The molecule has 4 heteroatoms. The monoisotopic (exact) mass is 156 g/mol. The maximum absolute atomic E-state index is 10.3. The quantitative estimate of drug-likeness (QED) is 0.462. The lowest BCUT2D eigenvalue weighted by molar-refractivity contribution is -0.808. The fourth-order valence-corrected chi connectivity index (χ4v) is 1.24. The van der Waals surface area contributed by atoms with Crippen molar-refractivity contribution in [3.8, 4) is 0 Å². The smallest absolute Gasteiger partial charge is 0.195 e. The van der Waals surface area contributed by atoms with E-state index in [-0.39, 0.29) is 6.54 Å². The van der Waals surface area contributed by atoms with Crippen LogP contribution in [0, 0.1) is 0 Å². The van der Waals surface area contributed by atoms with Crippen molar-refractivity contribution in [2.24, 2.45) is 4.99 Å². The van der Waals surface area contributed by atoms with Crippen molar-refractivity contribution >= 4 is 11.8 Å². The van der Waals surface area contributed by atoms with E-state index in [0.717, 1.165) is 18.9 Å². The molecule has 0 N–H and O–H groups in total. The van der Waals surface area contributed by atoms with Gasteiger partial charge in [0, 0.05) is 6.92 Å². The molecule has 0 aromatic heterocycles. The van der Waals surface area contributed by atoms with Crippen LogP contribution < -0.4 is 5.11 Å². The lowest BCUT2D eigenvalue weighted by atomic mass is 10.4. The molecular weight excluding hydrogens is 144 g/mol. The first-order valence-corrected chi connectivity index (χ1v) is 3.60. The summed E-state index contributed by atoms with van der Waals surface area (Å²) in [7, 11) is 1.86. The Labute approximate surface area is 65.7 Å². The number of carboxylic acids is 1. The summed E-state index contributed by atoms with van der Waals surface area (Å²) in [5.41, 5.74) is 0. The number of nitrogens with zero attached hydrogens (tertiary/aromatic N) is 2. The van der Waals surface area contributed by atoms with Gasteiger partial charge in [-0.25, -0.2) is 4.99 Å². The predicted molar refractivity (Wildman–Crippen MR) is 38.9 cm³/mol. The van der Waals surface area contributed by atoms with Gasteiger partial charge in [0.1, 0.15) is 13.1 Å². The lowest BCUT2D eigenvalue weighted by Gasteiger charge is -2.28. The number of carbonyl (C=O) groups excluding carboxylic acids is 1. The van der Waals surface area contributed by atoms with E-state index in [1.807, 2.05) is 14.0 Å². The molecule has 0 amide bonds. The molecule has 0 saturated heterocycles. The molecule has 11 heavy (non-hydrogen) atoms. The number of quaternary nitrogens is 1. The van der Waals surface area contributed by atoms with Gasteiger partial charge in [-0.3, -0.25) is 4.48 Å². The fraction of sp³-hybridized carbons (Fsp3) is 0.714. The Morgan fingerprint density at radius 3 is 2.82 bits per heavy atom. The normalized spacial score (nSPS) is 30.2. The van der Waals surface area contributed by atoms with Crippen LogP contribution >= 0.6 is 0 Å². The molecule has 1 heterocycles. The molecule has 62 valence electrons. The third-order valence-corrected chi connectivity index (χ3v) is 2.19. The summed E-state index contributed by atoms with van der Waals surface area (Å²) in [5.74, 6) is -0.127. The lowest BCUT2D eigenvalue weighted by Crippen LogP contribution is -2.52. The largest absolute Gasteiger partial charge is 0.544 e. The van der Waals surface area contributed by atoms with Crippen molar-refractivity contribution < 1.29 is 14.4 Å². The second-order valence-corrected chi connectivity index (χ2v) is 3.08. The van der Waals surface area contributed by atoms with Crippen LogP contribution in [0.15, 0.2) is 4.99 Å². The summed E-state index contributed by atoms with van der Waals surface area (Å²) in [4.78, 5) is 14.5. The number of likely N-dealkylation sites (N-methyl/N-ethyl adjacent to an activating group) is 1. The summed E-state index contributed by atoms with van der Waals surface area (Å²) in [6, 6.07) is 0. The minimum absolute atomic E-state index is 0.0370. The van der Waals surface area contributed by atoms with Gasteiger partial charge in [-0.2, -0.15) is 0 Å². The number of aliphatic carboxylic acids is 1. The maximum Gasteiger partial charge on any atom is 0.195 e. The number of amidine groups is 1. The molecule has 1 aliphatic rings.